The molecule has 0 bridgehead atoms. The molecule has 90 valence electrons. The highest BCUT2D eigenvalue weighted by Gasteiger charge is 1.94. The fraction of sp³-hybridized carbons (Fsp3) is 0.667. The molecular weight excluding hydrogens is 200 g/mol. The highest BCUT2D eigenvalue weighted by molar-refractivity contribution is 4.99. The molecule has 16 heavy (non-hydrogen) atoms. The van der Waals surface area contributed by atoms with Crippen molar-refractivity contribution in [1.82, 2.24) is 20.6 Å². The van der Waals surface area contributed by atoms with Crippen LogP contribution in [-0.4, -0.2) is 29.6 Å². The lowest BCUT2D eigenvalue weighted by Crippen LogP contribution is -2.22. The summed E-state index contributed by atoms with van der Waals surface area (Å²) in [6, 6.07) is 0. The molecule has 0 aromatic carbocycles. The van der Waals surface area contributed by atoms with Crippen molar-refractivity contribution in [2.75, 3.05) is 19.6 Å². The topological polar surface area (TPSA) is 49.8 Å². The van der Waals surface area contributed by atoms with Crippen molar-refractivity contribution in [3.63, 3.8) is 0 Å². The van der Waals surface area contributed by atoms with E-state index in [-0.39, 0.29) is 0 Å². The lowest BCUT2D eigenvalue weighted by atomic mass is 10.3. The number of rotatable bonds is 8. The smallest absolute Gasteiger partial charge is 0.0724 e. The van der Waals surface area contributed by atoms with Crippen molar-refractivity contribution in [3.05, 3.63) is 23.8 Å². The predicted molar refractivity (Wildman–Crippen MR) is 66.3 cm³/mol. The van der Waals surface area contributed by atoms with Crippen molar-refractivity contribution >= 4 is 0 Å². The Balaban J connectivity index is 2.01. The molecule has 1 aromatic heterocycles. The molecule has 0 radical (unpaired) electrons. The van der Waals surface area contributed by atoms with E-state index in [0.29, 0.717) is 0 Å². The van der Waals surface area contributed by atoms with E-state index in [0.717, 1.165) is 44.0 Å². The second kappa shape index (κ2) is 8.19. The first kappa shape index (κ1) is 13.1. The first-order valence-corrected chi connectivity index (χ1v) is 6.02. The minimum Gasteiger partial charge on any atom is -0.317 e. The van der Waals surface area contributed by atoms with E-state index >= 15 is 0 Å². The number of aromatic nitrogens is 2. The number of nitrogens with one attached hydrogen (secondary N) is 2. The summed E-state index contributed by atoms with van der Waals surface area (Å²) in [4.78, 5) is 8.49. The van der Waals surface area contributed by atoms with Gasteiger partial charge < -0.3 is 10.6 Å². The standard InChI is InChI=1S/C12H22N4/c1-3-5-13-6-4-7-14-9-12-10-15-11(2)8-16-12/h8,10,13-14H,3-7,9H2,1-2H3. The van der Waals surface area contributed by atoms with E-state index in [4.69, 9.17) is 0 Å². The van der Waals surface area contributed by atoms with Gasteiger partial charge in [0.25, 0.3) is 0 Å². The van der Waals surface area contributed by atoms with Crippen LogP contribution in [0.5, 0.6) is 0 Å². The normalized spacial score (nSPS) is 10.6. The third-order valence-corrected chi connectivity index (χ3v) is 2.27. The molecule has 0 aliphatic rings. The summed E-state index contributed by atoms with van der Waals surface area (Å²) >= 11 is 0. The highest BCUT2D eigenvalue weighted by Crippen LogP contribution is 1.93. The second-order valence-corrected chi connectivity index (χ2v) is 3.93. The Bertz CT molecular complexity index is 271. The Kier molecular flexibility index (Phi) is 6.69. The van der Waals surface area contributed by atoms with Gasteiger partial charge in [-0.2, -0.15) is 0 Å². The quantitative estimate of drug-likeness (QED) is 0.650. The zero-order valence-corrected chi connectivity index (χ0v) is 10.3. The summed E-state index contributed by atoms with van der Waals surface area (Å²) in [5.74, 6) is 0. The Labute approximate surface area is 97.9 Å². The van der Waals surface area contributed by atoms with Crippen molar-refractivity contribution < 1.29 is 0 Å². The number of hydrogen-bond donors (Lipinski definition) is 2. The highest BCUT2D eigenvalue weighted by atomic mass is 14.9. The molecule has 2 N–H and O–H groups in total. The van der Waals surface area contributed by atoms with Crippen LogP contribution in [0.25, 0.3) is 0 Å². The van der Waals surface area contributed by atoms with Gasteiger partial charge in [-0.3, -0.25) is 9.97 Å². The van der Waals surface area contributed by atoms with Crippen molar-refractivity contribution in [3.8, 4) is 0 Å². The molecule has 0 amide bonds. The second-order valence-electron chi connectivity index (χ2n) is 3.93. The summed E-state index contributed by atoms with van der Waals surface area (Å²) in [6.45, 7) is 8.15. The van der Waals surface area contributed by atoms with Crippen molar-refractivity contribution in [1.29, 1.82) is 0 Å². The van der Waals surface area contributed by atoms with Crippen LogP contribution < -0.4 is 10.6 Å². The number of nitrogens with zero attached hydrogens (tertiary/aromatic N) is 2. The third-order valence-electron chi connectivity index (χ3n) is 2.27. The van der Waals surface area contributed by atoms with Crippen LogP contribution in [-0.2, 0) is 6.54 Å². The van der Waals surface area contributed by atoms with Gasteiger partial charge in [0.1, 0.15) is 0 Å². The number of aryl methyl sites for hydroxylation is 1. The zero-order valence-electron chi connectivity index (χ0n) is 10.3. The van der Waals surface area contributed by atoms with Crippen LogP contribution in [0.4, 0.5) is 0 Å². The Morgan fingerprint density at radius 2 is 1.88 bits per heavy atom. The largest absolute Gasteiger partial charge is 0.317 e. The van der Waals surface area contributed by atoms with Crippen LogP contribution in [0.2, 0.25) is 0 Å². The zero-order chi connectivity index (χ0) is 11.6. The van der Waals surface area contributed by atoms with Gasteiger partial charge in [-0.1, -0.05) is 6.92 Å². The molecule has 0 saturated heterocycles. The van der Waals surface area contributed by atoms with E-state index < -0.39 is 0 Å². The summed E-state index contributed by atoms with van der Waals surface area (Å²) < 4.78 is 0. The van der Waals surface area contributed by atoms with Crippen molar-refractivity contribution in [2.24, 2.45) is 0 Å². The Morgan fingerprint density at radius 3 is 2.56 bits per heavy atom. The molecule has 0 aliphatic heterocycles. The van der Waals surface area contributed by atoms with Gasteiger partial charge in [-0.15, -0.1) is 0 Å². The van der Waals surface area contributed by atoms with Gasteiger partial charge in [0, 0.05) is 18.9 Å². The first-order chi connectivity index (χ1) is 7.83. The SMILES string of the molecule is CCCNCCCNCc1cnc(C)cn1. The minimum atomic E-state index is 0.807. The fourth-order valence-corrected chi connectivity index (χ4v) is 1.37. The maximum atomic E-state index is 4.28. The lowest BCUT2D eigenvalue weighted by molar-refractivity contribution is 0.588. The van der Waals surface area contributed by atoms with Gasteiger partial charge in [0.2, 0.25) is 0 Å². The van der Waals surface area contributed by atoms with Crippen LogP contribution in [0.15, 0.2) is 12.4 Å². The lowest BCUT2D eigenvalue weighted by Gasteiger charge is -2.05. The molecule has 4 heteroatoms. The molecule has 0 aliphatic carbocycles. The predicted octanol–water partition coefficient (Wildman–Crippen LogP) is 1.26. The summed E-state index contributed by atoms with van der Waals surface area (Å²) in [5, 5.41) is 6.73. The summed E-state index contributed by atoms with van der Waals surface area (Å²) in [7, 11) is 0. The van der Waals surface area contributed by atoms with Crippen LogP contribution in [0.3, 0.4) is 0 Å². The monoisotopic (exact) mass is 222 g/mol. The minimum absolute atomic E-state index is 0.807. The van der Waals surface area contributed by atoms with Gasteiger partial charge >= 0.3 is 0 Å². The maximum absolute atomic E-state index is 4.28. The average Bonchev–Trinajstić information content (AvgIpc) is 2.30. The van der Waals surface area contributed by atoms with Gasteiger partial charge in [-0.25, -0.2) is 0 Å². The van der Waals surface area contributed by atoms with E-state index in [1.165, 1.54) is 6.42 Å². The Hall–Kier alpha value is -1.00. The van der Waals surface area contributed by atoms with Gasteiger partial charge in [0.05, 0.1) is 11.4 Å². The molecule has 1 rings (SSSR count). The molecule has 1 heterocycles. The molecule has 0 saturated carbocycles. The van der Waals surface area contributed by atoms with Crippen LogP contribution >= 0.6 is 0 Å². The fourth-order valence-electron chi connectivity index (χ4n) is 1.37. The van der Waals surface area contributed by atoms with Gasteiger partial charge in [-0.05, 0) is 39.4 Å². The molecule has 0 fully saturated rings. The third kappa shape index (κ3) is 5.78. The molecular formula is C12H22N4. The van der Waals surface area contributed by atoms with E-state index in [2.05, 4.69) is 27.5 Å². The summed E-state index contributed by atoms with van der Waals surface area (Å²) in [5.41, 5.74) is 1.97. The van der Waals surface area contributed by atoms with Crippen molar-refractivity contribution in [2.45, 2.75) is 33.2 Å². The molecule has 0 spiro atoms. The number of hydrogen-bond acceptors (Lipinski definition) is 4. The van der Waals surface area contributed by atoms with Crippen LogP contribution in [0, 0.1) is 6.92 Å². The van der Waals surface area contributed by atoms with Crippen LogP contribution in [0.1, 0.15) is 31.2 Å². The molecule has 1 aromatic rings. The first-order valence-electron chi connectivity index (χ1n) is 6.02. The van der Waals surface area contributed by atoms with Gasteiger partial charge in [0.15, 0.2) is 0 Å². The molecule has 0 unspecified atom stereocenters. The molecule has 0 atom stereocenters. The average molecular weight is 222 g/mol. The van der Waals surface area contributed by atoms with E-state index in [1.54, 1.807) is 6.20 Å². The maximum Gasteiger partial charge on any atom is 0.0724 e. The Morgan fingerprint density at radius 1 is 1.06 bits per heavy atom. The summed E-state index contributed by atoms with van der Waals surface area (Å²) in [6.07, 6.45) is 5.99. The van der Waals surface area contributed by atoms with E-state index in [9.17, 15) is 0 Å². The molecule has 4 nitrogen and oxygen atoms in total. The van der Waals surface area contributed by atoms with E-state index in [1.807, 2.05) is 13.1 Å².